The van der Waals surface area contributed by atoms with E-state index in [1.807, 2.05) is 60.7 Å². The van der Waals surface area contributed by atoms with Crippen molar-refractivity contribution in [2.75, 3.05) is 5.32 Å². The third-order valence-electron chi connectivity index (χ3n) is 5.98. The smallest absolute Gasteiger partial charge is 0.257 e. The molecule has 0 bridgehead atoms. The zero-order valence-electron chi connectivity index (χ0n) is 19.8. The van der Waals surface area contributed by atoms with Gasteiger partial charge in [-0.2, -0.15) is 0 Å². The molecule has 0 unspecified atom stereocenters. The Balaban J connectivity index is 1.75. The van der Waals surface area contributed by atoms with Gasteiger partial charge in [-0.05, 0) is 46.3 Å². The van der Waals surface area contributed by atoms with Crippen LogP contribution in [0.25, 0.3) is 0 Å². The molecule has 0 saturated carbocycles. The van der Waals surface area contributed by atoms with Gasteiger partial charge in [0.2, 0.25) is 0 Å². The van der Waals surface area contributed by atoms with Crippen molar-refractivity contribution < 1.29 is 4.79 Å². The van der Waals surface area contributed by atoms with Crippen LogP contribution in [-0.2, 0) is 0 Å². The van der Waals surface area contributed by atoms with Crippen LogP contribution in [0, 0.1) is 0 Å². The van der Waals surface area contributed by atoms with Gasteiger partial charge in [-0.3, -0.25) is 9.54 Å². The Kier molecular flexibility index (Phi) is 7.85. The van der Waals surface area contributed by atoms with E-state index in [1.54, 1.807) is 0 Å². The Hall–Kier alpha value is -3.24. The molecule has 5 aromatic carbocycles. The third-order valence-corrected chi connectivity index (χ3v) is 10.8. The van der Waals surface area contributed by atoms with Gasteiger partial charge in [0, 0.05) is 24.9 Å². The molecule has 5 aromatic rings. The number of benzene rings is 5. The minimum Gasteiger partial charge on any atom is -0.321 e. The summed E-state index contributed by atoms with van der Waals surface area (Å²) in [6.07, 6.45) is 0. The molecule has 6 heteroatoms. The second-order valence-electron chi connectivity index (χ2n) is 8.34. The highest BCUT2D eigenvalue weighted by molar-refractivity contribution is 9.11. The zero-order valence-corrected chi connectivity index (χ0v) is 23.8. The molecule has 182 valence electrons. The molecule has 0 spiro atoms. The van der Waals surface area contributed by atoms with E-state index >= 15 is 0 Å². The summed E-state index contributed by atoms with van der Waals surface area (Å²) < 4.78 is 7.25. The van der Waals surface area contributed by atoms with Crippen LogP contribution < -0.4 is 21.2 Å². The molecular weight excluding hydrogens is 607 g/mol. The molecule has 1 amide bonds. The molecule has 0 heterocycles. The first-order valence-corrected chi connectivity index (χ1v) is 15.1. The van der Waals surface area contributed by atoms with Gasteiger partial charge in [0.1, 0.15) is 0 Å². The number of amides is 1. The van der Waals surface area contributed by atoms with Gasteiger partial charge in [0.15, 0.2) is 0 Å². The van der Waals surface area contributed by atoms with Crippen LogP contribution in [0.4, 0.5) is 11.4 Å². The average molecular weight is 630 g/mol. The van der Waals surface area contributed by atoms with Crippen molar-refractivity contribution in [2.45, 2.75) is 0 Å². The first kappa shape index (κ1) is 25.4. The van der Waals surface area contributed by atoms with Gasteiger partial charge < -0.3 is 5.32 Å². The molecule has 1 N–H and O–H groups in total. The van der Waals surface area contributed by atoms with Crippen molar-refractivity contribution in [3.8, 4) is 0 Å². The van der Waals surface area contributed by atoms with Crippen LogP contribution >= 0.6 is 38.9 Å². The molecule has 0 saturated heterocycles. The summed E-state index contributed by atoms with van der Waals surface area (Å²) in [5.41, 5.74) is 1.86. The van der Waals surface area contributed by atoms with Crippen LogP contribution in [0.1, 0.15) is 10.4 Å². The Morgan fingerprint density at radius 1 is 0.622 bits per heavy atom. The summed E-state index contributed by atoms with van der Waals surface area (Å²) in [6, 6.07) is 44.4. The zero-order chi connectivity index (χ0) is 25.7. The van der Waals surface area contributed by atoms with Gasteiger partial charge in [-0.15, -0.1) is 0 Å². The van der Waals surface area contributed by atoms with Crippen LogP contribution in [0.3, 0.4) is 0 Å². The average Bonchev–Trinajstić information content (AvgIpc) is 2.95. The van der Waals surface area contributed by atoms with E-state index in [4.69, 9.17) is 4.74 Å². The molecule has 37 heavy (non-hydrogen) atoms. The van der Waals surface area contributed by atoms with E-state index < -0.39 is 7.05 Å². The summed E-state index contributed by atoms with van der Waals surface area (Å²) >= 11 is 7.01. The first-order valence-electron chi connectivity index (χ1n) is 11.7. The Labute approximate surface area is 233 Å². The van der Waals surface area contributed by atoms with E-state index in [0.717, 1.165) is 24.9 Å². The number of nitrogens with one attached hydrogen (secondary N) is 1. The van der Waals surface area contributed by atoms with Gasteiger partial charge in [0.05, 0.1) is 24.0 Å². The Bertz CT molecular complexity index is 1490. The highest BCUT2D eigenvalue weighted by atomic mass is 79.9. The van der Waals surface area contributed by atoms with Crippen LogP contribution in [0.5, 0.6) is 0 Å². The number of anilines is 1. The minimum atomic E-state index is -2.51. The Morgan fingerprint density at radius 3 is 1.62 bits per heavy atom. The van der Waals surface area contributed by atoms with Crippen molar-refractivity contribution in [1.29, 1.82) is 0 Å². The van der Waals surface area contributed by atoms with E-state index in [0.29, 0.717) is 16.9 Å². The number of hydrogen-bond donors (Lipinski definition) is 1. The second-order valence-corrected chi connectivity index (χ2v) is 13.1. The van der Waals surface area contributed by atoms with Gasteiger partial charge in [-0.25, -0.2) is 0 Å². The van der Waals surface area contributed by atoms with Crippen molar-refractivity contribution >= 4 is 72.1 Å². The highest BCUT2D eigenvalue weighted by Gasteiger charge is 2.28. The fourth-order valence-electron chi connectivity index (χ4n) is 4.25. The highest BCUT2D eigenvalue weighted by Crippen LogP contribution is 2.49. The predicted molar refractivity (Wildman–Crippen MR) is 163 cm³/mol. The summed E-state index contributed by atoms with van der Waals surface area (Å²) in [6.45, 7) is 0. The summed E-state index contributed by atoms with van der Waals surface area (Å²) in [5.74, 6) is -0.213. The second kappa shape index (κ2) is 11.4. The topological polar surface area (TPSA) is 41.5 Å². The van der Waals surface area contributed by atoms with Gasteiger partial charge in [0.25, 0.3) is 5.91 Å². The first-order chi connectivity index (χ1) is 18.1. The van der Waals surface area contributed by atoms with Crippen molar-refractivity contribution in [3.63, 3.8) is 0 Å². The van der Waals surface area contributed by atoms with Crippen molar-refractivity contribution in [1.82, 2.24) is 0 Å². The molecule has 0 atom stereocenters. The van der Waals surface area contributed by atoms with Gasteiger partial charge >= 0.3 is 0 Å². The molecule has 0 aliphatic carbocycles. The number of rotatable bonds is 6. The summed E-state index contributed by atoms with van der Waals surface area (Å²) in [7, 11) is -2.51. The molecule has 0 aromatic heterocycles. The quantitative estimate of drug-likeness (QED) is 0.189. The lowest BCUT2D eigenvalue weighted by molar-refractivity contribution is 0.102. The lowest BCUT2D eigenvalue weighted by Gasteiger charge is -2.27. The number of halogens is 2. The molecular formula is C31H23Br2N2OP. The van der Waals surface area contributed by atoms with Gasteiger partial charge in [-0.1, -0.05) is 119 Å². The molecule has 0 aliphatic heterocycles. The predicted octanol–water partition coefficient (Wildman–Crippen LogP) is 8.27. The van der Waals surface area contributed by atoms with Crippen LogP contribution in [-0.4, -0.2) is 5.91 Å². The molecule has 5 rings (SSSR count). The molecule has 0 fully saturated rings. The Morgan fingerprint density at radius 2 is 1.11 bits per heavy atom. The number of nitrogens with zero attached hydrogens (tertiary/aromatic N) is 1. The maximum absolute atomic E-state index is 13.6. The third kappa shape index (κ3) is 5.40. The van der Waals surface area contributed by atoms with E-state index in [2.05, 4.69) is 110 Å². The summed E-state index contributed by atoms with van der Waals surface area (Å²) in [5, 5.41) is 6.42. The standard InChI is InChI=1S/C31H23Br2N2OP/c32-23-20-21-30(28(33)22-23)34-31(36)27-18-10-11-19-29(27)35-37(24-12-4-1-5-13-24,25-14-6-2-7-15-25)26-16-8-3-9-17-26/h1-22H,(H,34,36). The minimum absolute atomic E-state index is 0.213. The lowest BCUT2D eigenvalue weighted by Crippen LogP contribution is -2.25. The largest absolute Gasteiger partial charge is 0.321 e. The van der Waals surface area contributed by atoms with Crippen LogP contribution in [0.15, 0.2) is 147 Å². The maximum Gasteiger partial charge on any atom is 0.257 e. The normalized spacial score (nSPS) is 11.1. The lowest BCUT2D eigenvalue weighted by atomic mass is 10.1. The molecule has 3 nitrogen and oxygen atoms in total. The van der Waals surface area contributed by atoms with E-state index in [1.165, 1.54) is 0 Å². The van der Waals surface area contributed by atoms with E-state index in [9.17, 15) is 4.79 Å². The SMILES string of the molecule is O=C(Nc1ccc(Br)cc1Br)c1ccccc1N=P(c1ccccc1)(c1ccccc1)c1ccccc1. The number of carbonyl (C=O) groups excluding carboxylic acids is 1. The maximum atomic E-state index is 13.6. The van der Waals surface area contributed by atoms with Crippen LogP contribution in [0.2, 0.25) is 0 Å². The van der Waals surface area contributed by atoms with Crippen molar-refractivity contribution in [2.24, 2.45) is 4.74 Å². The van der Waals surface area contributed by atoms with E-state index in [-0.39, 0.29) is 5.91 Å². The molecule has 0 aliphatic rings. The summed E-state index contributed by atoms with van der Waals surface area (Å²) in [4.78, 5) is 13.6. The monoisotopic (exact) mass is 628 g/mol. The molecule has 0 radical (unpaired) electrons. The number of hydrogen-bond acceptors (Lipinski definition) is 2. The number of carbonyl (C=O) groups is 1. The van der Waals surface area contributed by atoms with Crippen molar-refractivity contribution in [3.05, 3.63) is 148 Å². The fraction of sp³-hybridized carbons (Fsp3) is 0. The fourth-order valence-corrected chi connectivity index (χ4v) is 8.94.